The van der Waals surface area contributed by atoms with Crippen molar-refractivity contribution in [2.45, 2.75) is 31.9 Å². The van der Waals surface area contributed by atoms with E-state index in [4.69, 9.17) is 0 Å². The van der Waals surface area contributed by atoms with E-state index < -0.39 is 11.9 Å². The largest absolute Gasteiger partial charge is 0.389 e. The highest BCUT2D eigenvalue weighted by molar-refractivity contribution is 6.09. The Balaban J connectivity index is 1.50. The number of amides is 2. The van der Waals surface area contributed by atoms with E-state index >= 15 is 0 Å². The van der Waals surface area contributed by atoms with Crippen molar-refractivity contribution in [1.82, 2.24) is 10.3 Å². The molecule has 1 aromatic carbocycles. The number of hydrogen-bond acceptors (Lipinski definition) is 4. The fraction of sp³-hybridized carbons (Fsp3) is 0.286. The standard InChI is InChI=1S/C21H20FN3O3/c1-12-4-2-7-18(23-12)20(27)24-14-9-16-17(19(26)10-14)11-25(21(16)28)15-6-3-5-13(22)8-15/h2-8,14,19,26H,9-11H2,1H3,(H,24,27)/t14-,19+/m0/s1. The molecule has 2 amide bonds. The lowest BCUT2D eigenvalue weighted by molar-refractivity contribution is -0.114. The second-order valence-electron chi connectivity index (χ2n) is 7.17. The summed E-state index contributed by atoms with van der Waals surface area (Å²) >= 11 is 0. The maximum Gasteiger partial charge on any atom is 0.270 e. The van der Waals surface area contributed by atoms with Crippen LogP contribution in [-0.4, -0.2) is 40.6 Å². The number of pyridine rings is 1. The first-order valence-electron chi connectivity index (χ1n) is 9.14. The van der Waals surface area contributed by atoms with E-state index in [0.29, 0.717) is 35.4 Å². The molecule has 2 aliphatic rings. The summed E-state index contributed by atoms with van der Waals surface area (Å²) in [7, 11) is 0. The Labute approximate surface area is 161 Å². The Morgan fingerprint density at radius 2 is 2.07 bits per heavy atom. The molecule has 2 aromatic rings. The number of hydrogen-bond donors (Lipinski definition) is 2. The first-order chi connectivity index (χ1) is 13.4. The van der Waals surface area contributed by atoms with E-state index in [1.165, 1.54) is 17.0 Å². The molecular formula is C21H20FN3O3. The number of aliphatic hydroxyl groups excluding tert-OH is 1. The highest BCUT2D eigenvalue weighted by Crippen LogP contribution is 2.35. The van der Waals surface area contributed by atoms with Crippen molar-refractivity contribution in [2.75, 3.05) is 11.4 Å². The van der Waals surface area contributed by atoms with Gasteiger partial charge in [0.25, 0.3) is 11.8 Å². The molecule has 0 unspecified atom stereocenters. The van der Waals surface area contributed by atoms with Gasteiger partial charge in [0.15, 0.2) is 0 Å². The Bertz CT molecular complexity index is 988. The minimum Gasteiger partial charge on any atom is -0.389 e. The summed E-state index contributed by atoms with van der Waals surface area (Å²) in [5.41, 5.74) is 2.63. The number of aliphatic hydroxyl groups is 1. The van der Waals surface area contributed by atoms with Crippen LogP contribution in [0, 0.1) is 12.7 Å². The molecule has 0 spiro atoms. The van der Waals surface area contributed by atoms with Crippen molar-refractivity contribution < 1.29 is 19.1 Å². The molecule has 2 N–H and O–H groups in total. The number of anilines is 1. The molecule has 0 saturated heterocycles. The zero-order valence-corrected chi connectivity index (χ0v) is 15.4. The Morgan fingerprint density at radius 1 is 1.29 bits per heavy atom. The topological polar surface area (TPSA) is 82.5 Å². The van der Waals surface area contributed by atoms with Crippen molar-refractivity contribution in [2.24, 2.45) is 0 Å². The molecule has 0 bridgehead atoms. The van der Waals surface area contributed by atoms with E-state index in [1.807, 2.05) is 0 Å². The monoisotopic (exact) mass is 381 g/mol. The average molecular weight is 381 g/mol. The molecule has 28 heavy (non-hydrogen) atoms. The summed E-state index contributed by atoms with van der Waals surface area (Å²) in [6.07, 6.45) is -0.183. The molecule has 1 aliphatic carbocycles. The van der Waals surface area contributed by atoms with E-state index in [1.54, 1.807) is 37.3 Å². The van der Waals surface area contributed by atoms with E-state index in [2.05, 4.69) is 10.3 Å². The average Bonchev–Trinajstić information content (AvgIpc) is 2.99. The quantitative estimate of drug-likeness (QED) is 0.853. The van der Waals surface area contributed by atoms with Gasteiger partial charge in [0.1, 0.15) is 11.5 Å². The Hall–Kier alpha value is -3.06. The molecule has 4 rings (SSSR count). The minimum absolute atomic E-state index is 0.235. The zero-order chi connectivity index (χ0) is 19.8. The zero-order valence-electron chi connectivity index (χ0n) is 15.4. The fourth-order valence-electron chi connectivity index (χ4n) is 3.80. The van der Waals surface area contributed by atoms with Crippen LogP contribution in [0.15, 0.2) is 53.6 Å². The number of halogens is 1. The van der Waals surface area contributed by atoms with Crippen molar-refractivity contribution in [3.8, 4) is 0 Å². The van der Waals surface area contributed by atoms with Crippen LogP contribution in [0.2, 0.25) is 0 Å². The van der Waals surface area contributed by atoms with Gasteiger partial charge >= 0.3 is 0 Å². The maximum absolute atomic E-state index is 13.5. The molecule has 0 radical (unpaired) electrons. The van der Waals surface area contributed by atoms with Crippen LogP contribution in [-0.2, 0) is 4.79 Å². The highest BCUT2D eigenvalue weighted by Gasteiger charge is 2.40. The number of carbonyl (C=O) groups excluding carboxylic acids is 2. The summed E-state index contributed by atoms with van der Waals surface area (Å²) < 4.78 is 13.5. The van der Waals surface area contributed by atoms with Crippen LogP contribution in [0.25, 0.3) is 0 Å². The van der Waals surface area contributed by atoms with Crippen LogP contribution in [0.4, 0.5) is 10.1 Å². The second kappa shape index (κ2) is 7.16. The van der Waals surface area contributed by atoms with Crippen molar-refractivity contribution >= 4 is 17.5 Å². The minimum atomic E-state index is -0.831. The summed E-state index contributed by atoms with van der Waals surface area (Å²) in [5, 5.41) is 13.4. The third kappa shape index (κ3) is 3.41. The highest BCUT2D eigenvalue weighted by atomic mass is 19.1. The normalized spacial score (nSPS) is 21.7. The number of rotatable bonds is 3. The second-order valence-corrected chi connectivity index (χ2v) is 7.17. The van der Waals surface area contributed by atoms with Crippen LogP contribution in [0.3, 0.4) is 0 Å². The number of aryl methyl sites for hydroxylation is 1. The van der Waals surface area contributed by atoms with Gasteiger partial charge in [0.2, 0.25) is 0 Å². The SMILES string of the molecule is Cc1cccc(C(=O)N[C@H]2CC3=C(CN(c4cccc(F)c4)C3=O)[C@H](O)C2)n1. The van der Waals surface area contributed by atoms with Gasteiger partial charge in [-0.05, 0) is 55.7 Å². The molecule has 1 aliphatic heterocycles. The van der Waals surface area contributed by atoms with Gasteiger partial charge in [0.05, 0.1) is 12.6 Å². The molecule has 2 atom stereocenters. The molecule has 0 fully saturated rings. The van der Waals surface area contributed by atoms with Crippen molar-refractivity contribution in [3.05, 3.63) is 70.8 Å². The van der Waals surface area contributed by atoms with Gasteiger partial charge in [-0.1, -0.05) is 12.1 Å². The predicted octanol–water partition coefficient (Wildman–Crippen LogP) is 2.13. The number of aromatic nitrogens is 1. The smallest absolute Gasteiger partial charge is 0.270 e. The number of benzene rings is 1. The summed E-state index contributed by atoms with van der Waals surface area (Å²) in [5.74, 6) is -1.02. The van der Waals surface area contributed by atoms with Gasteiger partial charge in [0, 0.05) is 23.0 Å². The molecule has 6 nitrogen and oxygen atoms in total. The molecular weight excluding hydrogens is 361 g/mol. The number of carbonyl (C=O) groups is 2. The van der Waals surface area contributed by atoms with Crippen molar-refractivity contribution in [3.63, 3.8) is 0 Å². The molecule has 7 heteroatoms. The Morgan fingerprint density at radius 3 is 2.82 bits per heavy atom. The number of nitrogens with zero attached hydrogens (tertiary/aromatic N) is 2. The van der Waals surface area contributed by atoms with Gasteiger partial charge in [-0.2, -0.15) is 0 Å². The van der Waals surface area contributed by atoms with Gasteiger partial charge < -0.3 is 15.3 Å². The van der Waals surface area contributed by atoms with Crippen LogP contribution in [0.5, 0.6) is 0 Å². The fourth-order valence-corrected chi connectivity index (χ4v) is 3.80. The lowest BCUT2D eigenvalue weighted by Crippen LogP contribution is -2.41. The third-order valence-corrected chi connectivity index (χ3v) is 5.16. The van der Waals surface area contributed by atoms with Crippen molar-refractivity contribution in [1.29, 1.82) is 0 Å². The first-order valence-corrected chi connectivity index (χ1v) is 9.14. The van der Waals surface area contributed by atoms with Gasteiger partial charge in [-0.15, -0.1) is 0 Å². The first kappa shape index (κ1) is 18.3. The summed E-state index contributed by atoms with van der Waals surface area (Å²) in [4.78, 5) is 31.0. The third-order valence-electron chi connectivity index (χ3n) is 5.16. The van der Waals surface area contributed by atoms with E-state index in [9.17, 15) is 19.1 Å². The van der Waals surface area contributed by atoms with E-state index in [-0.39, 0.29) is 24.4 Å². The lowest BCUT2D eigenvalue weighted by atomic mass is 9.87. The summed E-state index contributed by atoms with van der Waals surface area (Å²) in [6.45, 7) is 2.04. The van der Waals surface area contributed by atoms with E-state index in [0.717, 1.165) is 5.69 Å². The van der Waals surface area contributed by atoms with Crippen LogP contribution < -0.4 is 10.2 Å². The van der Waals surface area contributed by atoms with Crippen LogP contribution >= 0.6 is 0 Å². The van der Waals surface area contributed by atoms with Gasteiger partial charge in [-0.25, -0.2) is 9.37 Å². The molecule has 0 saturated carbocycles. The predicted molar refractivity (Wildman–Crippen MR) is 101 cm³/mol. The summed E-state index contributed by atoms with van der Waals surface area (Å²) in [6, 6.07) is 10.6. The Kier molecular flexibility index (Phi) is 4.68. The molecule has 144 valence electrons. The molecule has 1 aromatic heterocycles. The maximum atomic E-state index is 13.5. The lowest BCUT2D eigenvalue weighted by Gasteiger charge is -2.27. The van der Waals surface area contributed by atoms with Crippen LogP contribution in [0.1, 0.15) is 29.0 Å². The number of nitrogens with one attached hydrogen (secondary N) is 1. The molecule has 2 heterocycles. The van der Waals surface area contributed by atoms with Gasteiger partial charge in [-0.3, -0.25) is 9.59 Å².